The van der Waals surface area contributed by atoms with Crippen LogP contribution in [-0.2, 0) is 9.53 Å². The molecule has 16 heavy (non-hydrogen) atoms. The van der Waals surface area contributed by atoms with Crippen molar-refractivity contribution in [2.45, 2.75) is 0 Å². The summed E-state index contributed by atoms with van der Waals surface area (Å²) in [4.78, 5) is 10.9. The minimum atomic E-state index is -0.361. The first-order valence-electron chi connectivity index (χ1n) is 4.81. The highest BCUT2D eigenvalue weighted by atomic mass is 79.9. The summed E-state index contributed by atoms with van der Waals surface area (Å²) >= 11 is 3.28. The third kappa shape index (κ3) is 4.49. The molecule has 1 aromatic rings. The Morgan fingerprint density at radius 3 is 2.62 bits per heavy atom. The largest absolute Gasteiger partial charge is 0.493 e. The molecule has 0 radical (unpaired) electrons. The summed E-state index contributed by atoms with van der Waals surface area (Å²) in [6, 6.07) is 7.48. The van der Waals surface area contributed by atoms with Crippen LogP contribution in [-0.4, -0.2) is 25.0 Å². The number of halogens is 1. The SMILES string of the molecule is COC(=O)C=Cc1ccc(OCCBr)cc1. The summed E-state index contributed by atoms with van der Waals surface area (Å²) in [7, 11) is 1.35. The van der Waals surface area contributed by atoms with Crippen LogP contribution in [0.4, 0.5) is 0 Å². The van der Waals surface area contributed by atoms with E-state index in [2.05, 4.69) is 20.7 Å². The van der Waals surface area contributed by atoms with Gasteiger partial charge < -0.3 is 9.47 Å². The molecule has 1 aromatic carbocycles. The molecule has 0 amide bonds. The molecule has 0 atom stereocenters. The van der Waals surface area contributed by atoms with Crippen molar-refractivity contribution in [1.29, 1.82) is 0 Å². The first-order valence-corrected chi connectivity index (χ1v) is 5.93. The number of hydrogen-bond acceptors (Lipinski definition) is 3. The van der Waals surface area contributed by atoms with E-state index in [0.717, 1.165) is 16.6 Å². The lowest BCUT2D eigenvalue weighted by Crippen LogP contribution is -1.97. The Hall–Kier alpha value is -1.29. The predicted molar refractivity (Wildman–Crippen MR) is 66.8 cm³/mol. The number of methoxy groups -OCH3 is 1. The number of hydrogen-bond donors (Lipinski definition) is 0. The molecule has 3 nitrogen and oxygen atoms in total. The molecule has 0 fully saturated rings. The lowest BCUT2D eigenvalue weighted by atomic mass is 10.2. The number of carbonyl (C=O) groups excluding carboxylic acids is 1. The first-order chi connectivity index (χ1) is 7.76. The summed E-state index contributed by atoms with van der Waals surface area (Å²) < 4.78 is 9.89. The maximum Gasteiger partial charge on any atom is 0.330 e. The zero-order chi connectivity index (χ0) is 11.8. The van der Waals surface area contributed by atoms with Crippen molar-refractivity contribution in [1.82, 2.24) is 0 Å². The number of alkyl halides is 1. The van der Waals surface area contributed by atoms with Gasteiger partial charge in [0.15, 0.2) is 0 Å². The number of carbonyl (C=O) groups is 1. The molecule has 0 saturated heterocycles. The summed E-state index contributed by atoms with van der Waals surface area (Å²) in [5.74, 6) is 0.453. The molecule has 0 saturated carbocycles. The van der Waals surface area contributed by atoms with Crippen molar-refractivity contribution in [2.24, 2.45) is 0 Å². The minimum absolute atomic E-state index is 0.361. The number of ether oxygens (including phenoxy) is 2. The van der Waals surface area contributed by atoms with Crippen molar-refractivity contribution in [2.75, 3.05) is 19.0 Å². The van der Waals surface area contributed by atoms with Crippen LogP contribution in [0.5, 0.6) is 5.75 Å². The van der Waals surface area contributed by atoms with Gasteiger partial charge in [-0.3, -0.25) is 0 Å². The van der Waals surface area contributed by atoms with E-state index in [-0.39, 0.29) is 5.97 Å². The van der Waals surface area contributed by atoms with Gasteiger partial charge in [0.25, 0.3) is 0 Å². The topological polar surface area (TPSA) is 35.5 Å². The van der Waals surface area contributed by atoms with Crippen LogP contribution in [0.3, 0.4) is 0 Å². The summed E-state index contributed by atoms with van der Waals surface area (Å²) in [6.07, 6.45) is 3.08. The van der Waals surface area contributed by atoms with Gasteiger partial charge in [0.2, 0.25) is 0 Å². The van der Waals surface area contributed by atoms with Crippen molar-refractivity contribution in [3.63, 3.8) is 0 Å². The molecule has 0 bridgehead atoms. The van der Waals surface area contributed by atoms with Crippen LogP contribution >= 0.6 is 15.9 Å². The zero-order valence-corrected chi connectivity index (χ0v) is 10.6. The highest BCUT2D eigenvalue weighted by molar-refractivity contribution is 9.09. The number of benzene rings is 1. The van der Waals surface area contributed by atoms with E-state index >= 15 is 0 Å². The summed E-state index contributed by atoms with van der Waals surface area (Å²) in [6.45, 7) is 0.636. The molecule has 0 heterocycles. The molecule has 0 aliphatic heterocycles. The van der Waals surface area contributed by atoms with Gasteiger partial charge in [-0.2, -0.15) is 0 Å². The number of esters is 1. The molecular weight excluding hydrogens is 272 g/mol. The van der Waals surface area contributed by atoms with E-state index in [0.29, 0.717) is 6.61 Å². The van der Waals surface area contributed by atoms with Crippen LogP contribution in [0.2, 0.25) is 0 Å². The second-order valence-electron chi connectivity index (χ2n) is 2.96. The van der Waals surface area contributed by atoms with Crippen LogP contribution in [0.1, 0.15) is 5.56 Å². The Morgan fingerprint density at radius 1 is 1.38 bits per heavy atom. The minimum Gasteiger partial charge on any atom is -0.493 e. The quantitative estimate of drug-likeness (QED) is 0.474. The normalized spacial score (nSPS) is 10.4. The molecule has 0 unspecified atom stereocenters. The zero-order valence-electron chi connectivity index (χ0n) is 8.98. The molecule has 4 heteroatoms. The predicted octanol–water partition coefficient (Wildman–Crippen LogP) is 2.65. The molecular formula is C12H13BrO3. The van der Waals surface area contributed by atoms with Crippen molar-refractivity contribution in [3.05, 3.63) is 35.9 Å². The lowest BCUT2D eigenvalue weighted by molar-refractivity contribution is -0.134. The third-order valence-electron chi connectivity index (χ3n) is 1.84. The molecule has 86 valence electrons. The standard InChI is InChI=1S/C12H13BrO3/c1-15-12(14)7-4-10-2-5-11(6-3-10)16-9-8-13/h2-7H,8-9H2,1H3. The monoisotopic (exact) mass is 284 g/mol. The van der Waals surface area contributed by atoms with Gasteiger partial charge in [0.1, 0.15) is 5.75 Å². The molecule has 0 spiro atoms. The second-order valence-corrected chi connectivity index (χ2v) is 3.76. The van der Waals surface area contributed by atoms with E-state index in [4.69, 9.17) is 4.74 Å². The second kappa shape index (κ2) is 7.06. The number of rotatable bonds is 5. The Labute approximate surface area is 103 Å². The van der Waals surface area contributed by atoms with Gasteiger partial charge >= 0.3 is 5.97 Å². The highest BCUT2D eigenvalue weighted by Crippen LogP contribution is 2.13. The first kappa shape index (κ1) is 12.8. The summed E-state index contributed by atoms with van der Waals surface area (Å²) in [5, 5.41) is 0.803. The summed E-state index contributed by atoms with van der Waals surface area (Å²) in [5.41, 5.74) is 0.927. The molecule has 0 N–H and O–H groups in total. The lowest BCUT2D eigenvalue weighted by Gasteiger charge is -2.03. The van der Waals surface area contributed by atoms with Gasteiger partial charge in [-0.15, -0.1) is 0 Å². The van der Waals surface area contributed by atoms with Crippen LogP contribution < -0.4 is 4.74 Å². The van der Waals surface area contributed by atoms with Gasteiger partial charge in [-0.1, -0.05) is 28.1 Å². The third-order valence-corrected chi connectivity index (χ3v) is 2.16. The Morgan fingerprint density at radius 2 is 2.06 bits per heavy atom. The Kier molecular flexibility index (Phi) is 5.64. The van der Waals surface area contributed by atoms with Crippen molar-refractivity contribution < 1.29 is 14.3 Å². The van der Waals surface area contributed by atoms with Crippen LogP contribution in [0.15, 0.2) is 30.3 Å². The maximum absolute atomic E-state index is 10.9. The molecule has 0 aromatic heterocycles. The van der Waals surface area contributed by atoms with E-state index < -0.39 is 0 Å². The Balaban J connectivity index is 2.57. The molecule has 1 rings (SSSR count). The highest BCUT2D eigenvalue weighted by Gasteiger charge is 1.94. The van der Waals surface area contributed by atoms with Gasteiger partial charge in [0.05, 0.1) is 13.7 Å². The van der Waals surface area contributed by atoms with E-state index in [1.165, 1.54) is 13.2 Å². The fraction of sp³-hybridized carbons (Fsp3) is 0.250. The van der Waals surface area contributed by atoms with Gasteiger partial charge in [-0.05, 0) is 23.8 Å². The van der Waals surface area contributed by atoms with Crippen LogP contribution in [0, 0.1) is 0 Å². The fourth-order valence-corrected chi connectivity index (χ4v) is 1.23. The maximum atomic E-state index is 10.9. The molecule has 0 aliphatic carbocycles. The van der Waals surface area contributed by atoms with E-state index in [1.807, 2.05) is 24.3 Å². The van der Waals surface area contributed by atoms with Crippen LogP contribution in [0.25, 0.3) is 6.08 Å². The average molecular weight is 285 g/mol. The Bertz CT molecular complexity index is 357. The van der Waals surface area contributed by atoms with Crippen molar-refractivity contribution >= 4 is 28.0 Å². The smallest absolute Gasteiger partial charge is 0.330 e. The van der Waals surface area contributed by atoms with Crippen molar-refractivity contribution in [3.8, 4) is 5.75 Å². The van der Waals surface area contributed by atoms with Gasteiger partial charge in [0, 0.05) is 11.4 Å². The molecule has 0 aliphatic rings. The van der Waals surface area contributed by atoms with Gasteiger partial charge in [-0.25, -0.2) is 4.79 Å². The average Bonchev–Trinajstić information content (AvgIpc) is 2.34. The van der Waals surface area contributed by atoms with E-state index in [1.54, 1.807) is 6.08 Å². The van der Waals surface area contributed by atoms with E-state index in [9.17, 15) is 4.79 Å². The fourth-order valence-electron chi connectivity index (χ4n) is 1.06.